The van der Waals surface area contributed by atoms with Gasteiger partial charge in [-0.25, -0.2) is 4.79 Å². The average Bonchev–Trinajstić information content (AvgIpc) is 2.38. The molecule has 0 fully saturated rings. The number of aromatic carboxylic acids is 1. The SMILES string of the molecule is CNCCCC1COc2c(cccc2C(=O)O)N1. The van der Waals surface area contributed by atoms with E-state index in [1.165, 1.54) is 0 Å². The summed E-state index contributed by atoms with van der Waals surface area (Å²) in [7, 11) is 1.93. The molecule has 2 rings (SSSR count). The number of nitrogens with one attached hydrogen (secondary N) is 2. The third kappa shape index (κ3) is 2.73. The van der Waals surface area contributed by atoms with Gasteiger partial charge in [0.2, 0.25) is 0 Å². The first-order chi connectivity index (χ1) is 8.72. The van der Waals surface area contributed by atoms with Crippen molar-refractivity contribution in [2.24, 2.45) is 0 Å². The zero-order chi connectivity index (χ0) is 13.0. The van der Waals surface area contributed by atoms with Crippen molar-refractivity contribution in [2.75, 3.05) is 25.5 Å². The number of benzene rings is 1. The number of carboxylic acid groups (broad SMARTS) is 1. The molecule has 0 amide bonds. The first-order valence-electron chi connectivity index (χ1n) is 6.12. The summed E-state index contributed by atoms with van der Waals surface area (Å²) in [5.41, 5.74) is 0.990. The van der Waals surface area contributed by atoms with E-state index in [9.17, 15) is 4.79 Å². The average molecular weight is 250 g/mol. The summed E-state index contributed by atoms with van der Waals surface area (Å²) in [6.07, 6.45) is 2.06. The molecule has 0 saturated heterocycles. The molecule has 5 nitrogen and oxygen atoms in total. The number of hydrogen-bond acceptors (Lipinski definition) is 4. The molecule has 0 aromatic heterocycles. The highest BCUT2D eigenvalue weighted by Crippen LogP contribution is 2.33. The van der Waals surface area contributed by atoms with Crippen LogP contribution >= 0.6 is 0 Å². The molecular formula is C13H18N2O3. The Bertz CT molecular complexity index is 434. The largest absolute Gasteiger partial charge is 0.488 e. The van der Waals surface area contributed by atoms with Crippen molar-refractivity contribution in [1.82, 2.24) is 5.32 Å². The monoisotopic (exact) mass is 250 g/mol. The number of carbonyl (C=O) groups is 1. The molecule has 0 radical (unpaired) electrons. The molecule has 3 N–H and O–H groups in total. The predicted octanol–water partition coefficient (Wildman–Crippen LogP) is 1.56. The van der Waals surface area contributed by atoms with Gasteiger partial charge in [0, 0.05) is 0 Å². The molecule has 1 aliphatic heterocycles. The lowest BCUT2D eigenvalue weighted by molar-refractivity contribution is 0.0691. The van der Waals surface area contributed by atoms with Gasteiger partial charge in [-0.05, 0) is 38.6 Å². The molecule has 1 aliphatic rings. The van der Waals surface area contributed by atoms with E-state index in [0.29, 0.717) is 12.4 Å². The lowest BCUT2D eigenvalue weighted by Gasteiger charge is -2.28. The van der Waals surface area contributed by atoms with Crippen molar-refractivity contribution in [3.8, 4) is 5.75 Å². The Morgan fingerprint density at radius 1 is 1.61 bits per heavy atom. The number of rotatable bonds is 5. The topological polar surface area (TPSA) is 70.6 Å². The Labute approximate surface area is 106 Å². The van der Waals surface area contributed by atoms with Crippen LogP contribution in [0.5, 0.6) is 5.75 Å². The summed E-state index contributed by atoms with van der Waals surface area (Å²) in [6.45, 7) is 1.49. The molecule has 1 aromatic rings. The molecule has 0 spiro atoms. The van der Waals surface area contributed by atoms with Crippen molar-refractivity contribution < 1.29 is 14.6 Å². The van der Waals surface area contributed by atoms with Gasteiger partial charge < -0.3 is 20.5 Å². The van der Waals surface area contributed by atoms with Gasteiger partial charge in [-0.15, -0.1) is 0 Å². The fourth-order valence-corrected chi connectivity index (χ4v) is 2.10. The van der Waals surface area contributed by atoms with Gasteiger partial charge in [0.1, 0.15) is 12.2 Å². The number of carboxylic acids is 1. The van der Waals surface area contributed by atoms with Crippen LogP contribution in [0.2, 0.25) is 0 Å². The minimum atomic E-state index is -0.956. The van der Waals surface area contributed by atoms with Crippen LogP contribution in [0.25, 0.3) is 0 Å². The zero-order valence-electron chi connectivity index (χ0n) is 10.4. The van der Waals surface area contributed by atoms with Crippen LogP contribution in [0, 0.1) is 0 Å². The van der Waals surface area contributed by atoms with Crippen molar-refractivity contribution in [1.29, 1.82) is 0 Å². The lowest BCUT2D eigenvalue weighted by atomic mass is 10.1. The first kappa shape index (κ1) is 12.7. The molecule has 98 valence electrons. The Kier molecular flexibility index (Phi) is 4.04. The maximum atomic E-state index is 11.0. The summed E-state index contributed by atoms with van der Waals surface area (Å²) >= 11 is 0. The highest BCUT2D eigenvalue weighted by atomic mass is 16.5. The van der Waals surface area contributed by atoms with Gasteiger partial charge >= 0.3 is 5.97 Å². The number of fused-ring (bicyclic) bond motifs is 1. The second-order valence-corrected chi connectivity index (χ2v) is 4.39. The minimum Gasteiger partial charge on any atom is -0.488 e. The summed E-state index contributed by atoms with van der Waals surface area (Å²) in [5.74, 6) is -0.503. The zero-order valence-corrected chi connectivity index (χ0v) is 10.4. The van der Waals surface area contributed by atoms with E-state index in [-0.39, 0.29) is 11.6 Å². The van der Waals surface area contributed by atoms with E-state index in [2.05, 4.69) is 10.6 Å². The van der Waals surface area contributed by atoms with E-state index >= 15 is 0 Å². The van der Waals surface area contributed by atoms with Gasteiger partial charge in [0.05, 0.1) is 11.7 Å². The standard InChI is InChI=1S/C13H18N2O3/c1-14-7-3-4-9-8-18-12-10(13(16)17)5-2-6-11(12)15-9/h2,5-6,9,14-15H,3-4,7-8H2,1H3,(H,16,17). The van der Waals surface area contributed by atoms with Gasteiger partial charge in [-0.1, -0.05) is 6.07 Å². The van der Waals surface area contributed by atoms with Gasteiger partial charge in [0.25, 0.3) is 0 Å². The number of anilines is 1. The highest BCUT2D eigenvalue weighted by molar-refractivity contribution is 5.93. The van der Waals surface area contributed by atoms with Crippen LogP contribution in [-0.4, -0.2) is 37.3 Å². The van der Waals surface area contributed by atoms with Gasteiger partial charge in [0.15, 0.2) is 5.75 Å². The van der Waals surface area contributed by atoms with Crippen LogP contribution < -0.4 is 15.4 Å². The quantitative estimate of drug-likeness (QED) is 0.692. The number of para-hydroxylation sites is 1. The Hall–Kier alpha value is -1.75. The molecule has 0 aliphatic carbocycles. The number of hydrogen-bond donors (Lipinski definition) is 3. The maximum Gasteiger partial charge on any atom is 0.339 e. The molecule has 1 aromatic carbocycles. The summed E-state index contributed by atoms with van der Waals surface area (Å²) < 4.78 is 5.60. The fourth-order valence-electron chi connectivity index (χ4n) is 2.10. The Balaban J connectivity index is 2.06. The smallest absolute Gasteiger partial charge is 0.339 e. The normalized spacial score (nSPS) is 17.5. The Morgan fingerprint density at radius 2 is 2.44 bits per heavy atom. The summed E-state index contributed by atoms with van der Waals surface area (Å²) in [4.78, 5) is 11.0. The molecule has 18 heavy (non-hydrogen) atoms. The predicted molar refractivity (Wildman–Crippen MR) is 69.5 cm³/mol. The van der Waals surface area contributed by atoms with E-state index in [0.717, 1.165) is 25.1 Å². The fraction of sp³-hybridized carbons (Fsp3) is 0.462. The van der Waals surface area contributed by atoms with Crippen LogP contribution in [0.4, 0.5) is 5.69 Å². The third-order valence-electron chi connectivity index (χ3n) is 3.01. The second-order valence-electron chi connectivity index (χ2n) is 4.39. The second kappa shape index (κ2) is 5.73. The van der Waals surface area contributed by atoms with E-state index in [1.807, 2.05) is 13.1 Å². The molecule has 0 saturated carbocycles. The van der Waals surface area contributed by atoms with E-state index < -0.39 is 5.97 Å². The molecule has 1 heterocycles. The van der Waals surface area contributed by atoms with Crippen LogP contribution in [0.3, 0.4) is 0 Å². The molecule has 1 unspecified atom stereocenters. The third-order valence-corrected chi connectivity index (χ3v) is 3.01. The highest BCUT2D eigenvalue weighted by Gasteiger charge is 2.23. The summed E-state index contributed by atoms with van der Waals surface area (Å²) in [5, 5.41) is 15.5. The molecular weight excluding hydrogens is 232 g/mol. The van der Waals surface area contributed by atoms with Crippen LogP contribution in [0.1, 0.15) is 23.2 Å². The van der Waals surface area contributed by atoms with Gasteiger partial charge in [-0.2, -0.15) is 0 Å². The number of ether oxygens (including phenoxy) is 1. The first-order valence-corrected chi connectivity index (χ1v) is 6.12. The van der Waals surface area contributed by atoms with Crippen molar-refractivity contribution >= 4 is 11.7 Å². The van der Waals surface area contributed by atoms with E-state index in [4.69, 9.17) is 9.84 Å². The summed E-state index contributed by atoms with van der Waals surface area (Å²) in [6, 6.07) is 5.39. The molecule has 0 bridgehead atoms. The van der Waals surface area contributed by atoms with E-state index in [1.54, 1.807) is 12.1 Å². The maximum absolute atomic E-state index is 11.0. The van der Waals surface area contributed by atoms with Crippen molar-refractivity contribution in [2.45, 2.75) is 18.9 Å². The van der Waals surface area contributed by atoms with Crippen molar-refractivity contribution in [3.05, 3.63) is 23.8 Å². The lowest BCUT2D eigenvalue weighted by Crippen LogP contribution is -2.32. The van der Waals surface area contributed by atoms with Crippen LogP contribution in [0.15, 0.2) is 18.2 Å². The minimum absolute atomic E-state index is 0.216. The molecule has 5 heteroatoms. The Morgan fingerprint density at radius 3 is 3.17 bits per heavy atom. The van der Waals surface area contributed by atoms with Gasteiger partial charge in [-0.3, -0.25) is 0 Å². The molecule has 1 atom stereocenters. The van der Waals surface area contributed by atoms with Crippen LogP contribution in [-0.2, 0) is 0 Å². The van der Waals surface area contributed by atoms with Crippen molar-refractivity contribution in [3.63, 3.8) is 0 Å².